The van der Waals surface area contributed by atoms with E-state index in [1.807, 2.05) is 0 Å². The molecule has 0 spiro atoms. The van der Waals surface area contributed by atoms with Gasteiger partial charge in [0.05, 0.1) is 11.4 Å². The van der Waals surface area contributed by atoms with Gasteiger partial charge in [-0.1, -0.05) is 13.8 Å². The standard InChI is InChI=1S/C16H30N4/c1-6-14-9-15(20(8-3)18-14)11-19-12-16(5,7-2)17-10-13(19)4/h9,13,17H,6-8,10-12H2,1-5H3. The Hall–Kier alpha value is -0.870. The van der Waals surface area contributed by atoms with Crippen molar-refractivity contribution in [1.82, 2.24) is 20.0 Å². The first-order valence-electron chi connectivity index (χ1n) is 8.06. The minimum Gasteiger partial charge on any atom is -0.309 e. The van der Waals surface area contributed by atoms with E-state index in [-0.39, 0.29) is 5.54 Å². The molecule has 0 bridgehead atoms. The average Bonchev–Trinajstić information content (AvgIpc) is 2.85. The minimum atomic E-state index is 0.247. The van der Waals surface area contributed by atoms with Crippen LogP contribution in [0.25, 0.3) is 0 Å². The number of piperazine rings is 1. The summed E-state index contributed by atoms with van der Waals surface area (Å²) in [5.41, 5.74) is 2.82. The van der Waals surface area contributed by atoms with Crippen LogP contribution in [-0.2, 0) is 19.5 Å². The Morgan fingerprint density at radius 2 is 2.15 bits per heavy atom. The van der Waals surface area contributed by atoms with Crippen LogP contribution in [0.3, 0.4) is 0 Å². The molecule has 0 aromatic carbocycles. The number of aryl methyl sites for hydroxylation is 2. The van der Waals surface area contributed by atoms with E-state index in [2.05, 4.69) is 60.7 Å². The number of hydrogen-bond donors (Lipinski definition) is 1. The summed E-state index contributed by atoms with van der Waals surface area (Å²) in [7, 11) is 0. The monoisotopic (exact) mass is 278 g/mol. The Morgan fingerprint density at radius 3 is 2.75 bits per heavy atom. The average molecular weight is 278 g/mol. The molecule has 20 heavy (non-hydrogen) atoms. The van der Waals surface area contributed by atoms with Gasteiger partial charge in [-0.3, -0.25) is 9.58 Å². The third kappa shape index (κ3) is 3.23. The number of hydrogen-bond acceptors (Lipinski definition) is 3. The summed E-state index contributed by atoms with van der Waals surface area (Å²) in [6.07, 6.45) is 2.19. The second kappa shape index (κ2) is 6.27. The highest BCUT2D eigenvalue weighted by Crippen LogP contribution is 2.21. The maximum atomic E-state index is 4.67. The fraction of sp³-hybridized carbons (Fsp3) is 0.812. The van der Waals surface area contributed by atoms with Gasteiger partial charge in [0.1, 0.15) is 0 Å². The third-order valence-corrected chi connectivity index (χ3v) is 4.72. The first-order chi connectivity index (χ1) is 9.51. The van der Waals surface area contributed by atoms with E-state index in [0.717, 1.165) is 32.6 Å². The highest BCUT2D eigenvalue weighted by Gasteiger charge is 2.32. The van der Waals surface area contributed by atoms with Crippen LogP contribution in [0.4, 0.5) is 0 Å². The van der Waals surface area contributed by atoms with Gasteiger partial charge in [-0.25, -0.2) is 0 Å². The Bertz CT molecular complexity index is 440. The highest BCUT2D eigenvalue weighted by molar-refractivity contribution is 5.11. The van der Waals surface area contributed by atoms with Crippen molar-refractivity contribution in [3.63, 3.8) is 0 Å². The van der Waals surface area contributed by atoms with Gasteiger partial charge in [0.2, 0.25) is 0 Å². The van der Waals surface area contributed by atoms with Crippen molar-refractivity contribution in [2.24, 2.45) is 0 Å². The topological polar surface area (TPSA) is 33.1 Å². The molecule has 0 radical (unpaired) electrons. The number of aromatic nitrogens is 2. The summed E-state index contributed by atoms with van der Waals surface area (Å²) >= 11 is 0. The molecule has 0 amide bonds. The molecule has 0 aliphatic carbocycles. The normalized spacial score (nSPS) is 27.9. The molecule has 2 atom stereocenters. The van der Waals surface area contributed by atoms with E-state index in [1.54, 1.807) is 0 Å². The molecule has 2 unspecified atom stereocenters. The van der Waals surface area contributed by atoms with Crippen LogP contribution < -0.4 is 5.32 Å². The minimum absolute atomic E-state index is 0.247. The Balaban J connectivity index is 2.13. The van der Waals surface area contributed by atoms with E-state index >= 15 is 0 Å². The molecule has 1 fully saturated rings. The smallest absolute Gasteiger partial charge is 0.0625 e. The van der Waals surface area contributed by atoms with Crippen LogP contribution in [-0.4, -0.2) is 39.4 Å². The van der Waals surface area contributed by atoms with Crippen LogP contribution in [0.5, 0.6) is 0 Å². The molecule has 1 aromatic rings. The molecule has 2 heterocycles. The lowest BCUT2D eigenvalue weighted by molar-refractivity contribution is 0.0841. The molecular formula is C16H30N4. The Labute approximate surface area is 123 Å². The second-order valence-corrected chi connectivity index (χ2v) is 6.35. The van der Waals surface area contributed by atoms with Crippen molar-refractivity contribution in [3.8, 4) is 0 Å². The van der Waals surface area contributed by atoms with Crippen LogP contribution in [0, 0.1) is 0 Å². The molecule has 114 valence electrons. The lowest BCUT2D eigenvalue weighted by atomic mass is 9.93. The molecule has 0 saturated carbocycles. The first-order valence-corrected chi connectivity index (χ1v) is 8.06. The van der Waals surface area contributed by atoms with E-state index in [9.17, 15) is 0 Å². The number of nitrogens with one attached hydrogen (secondary N) is 1. The van der Waals surface area contributed by atoms with E-state index in [4.69, 9.17) is 0 Å². The zero-order chi connectivity index (χ0) is 14.8. The van der Waals surface area contributed by atoms with E-state index in [1.165, 1.54) is 17.8 Å². The molecule has 1 aliphatic rings. The predicted molar refractivity (Wildman–Crippen MR) is 83.8 cm³/mol. The van der Waals surface area contributed by atoms with Gasteiger partial charge in [0.25, 0.3) is 0 Å². The lowest BCUT2D eigenvalue weighted by Gasteiger charge is -2.45. The van der Waals surface area contributed by atoms with Crippen molar-refractivity contribution in [2.45, 2.75) is 72.1 Å². The molecule has 4 nitrogen and oxygen atoms in total. The van der Waals surface area contributed by atoms with Crippen LogP contribution in [0.15, 0.2) is 6.07 Å². The zero-order valence-corrected chi connectivity index (χ0v) is 13.7. The van der Waals surface area contributed by atoms with Gasteiger partial charge in [-0.2, -0.15) is 5.10 Å². The van der Waals surface area contributed by atoms with Crippen molar-refractivity contribution in [2.75, 3.05) is 13.1 Å². The maximum absolute atomic E-state index is 4.67. The summed E-state index contributed by atoms with van der Waals surface area (Å²) in [6, 6.07) is 2.86. The molecular weight excluding hydrogens is 248 g/mol. The summed E-state index contributed by atoms with van der Waals surface area (Å²) < 4.78 is 2.16. The number of rotatable bonds is 5. The van der Waals surface area contributed by atoms with Crippen molar-refractivity contribution < 1.29 is 0 Å². The largest absolute Gasteiger partial charge is 0.309 e. The summed E-state index contributed by atoms with van der Waals surface area (Å²) in [6.45, 7) is 15.4. The molecule has 4 heteroatoms. The maximum Gasteiger partial charge on any atom is 0.0625 e. The quantitative estimate of drug-likeness (QED) is 0.898. The molecule has 1 aromatic heterocycles. The molecule has 2 rings (SSSR count). The molecule has 1 saturated heterocycles. The van der Waals surface area contributed by atoms with Crippen LogP contribution in [0.2, 0.25) is 0 Å². The van der Waals surface area contributed by atoms with Gasteiger partial charge in [0.15, 0.2) is 0 Å². The Morgan fingerprint density at radius 1 is 1.40 bits per heavy atom. The van der Waals surface area contributed by atoms with Crippen molar-refractivity contribution in [3.05, 3.63) is 17.5 Å². The van der Waals surface area contributed by atoms with Crippen molar-refractivity contribution in [1.29, 1.82) is 0 Å². The highest BCUT2D eigenvalue weighted by atomic mass is 15.3. The molecule has 1 N–H and O–H groups in total. The summed E-state index contributed by atoms with van der Waals surface area (Å²) in [5.74, 6) is 0. The van der Waals surface area contributed by atoms with E-state index < -0.39 is 0 Å². The van der Waals surface area contributed by atoms with Crippen LogP contribution in [0.1, 0.15) is 52.4 Å². The Kier molecular flexibility index (Phi) is 4.86. The van der Waals surface area contributed by atoms with Gasteiger partial charge < -0.3 is 5.32 Å². The van der Waals surface area contributed by atoms with Crippen LogP contribution >= 0.6 is 0 Å². The second-order valence-electron chi connectivity index (χ2n) is 6.35. The predicted octanol–water partition coefficient (Wildman–Crippen LogP) is 2.43. The van der Waals surface area contributed by atoms with E-state index in [0.29, 0.717) is 6.04 Å². The SMILES string of the molecule is CCc1cc(CN2CC(C)(CC)NCC2C)n(CC)n1. The third-order valence-electron chi connectivity index (χ3n) is 4.72. The fourth-order valence-electron chi connectivity index (χ4n) is 2.93. The molecule has 1 aliphatic heterocycles. The lowest BCUT2D eigenvalue weighted by Crippen LogP contribution is -2.61. The zero-order valence-electron chi connectivity index (χ0n) is 13.7. The summed E-state index contributed by atoms with van der Waals surface area (Å²) in [4.78, 5) is 2.60. The van der Waals surface area contributed by atoms with Crippen molar-refractivity contribution >= 4 is 0 Å². The van der Waals surface area contributed by atoms with Gasteiger partial charge >= 0.3 is 0 Å². The first kappa shape index (κ1) is 15.5. The van der Waals surface area contributed by atoms with Gasteiger partial charge in [0, 0.05) is 37.8 Å². The van der Waals surface area contributed by atoms with Gasteiger partial charge in [-0.05, 0) is 39.7 Å². The van der Waals surface area contributed by atoms with Gasteiger partial charge in [-0.15, -0.1) is 0 Å². The fourth-order valence-corrected chi connectivity index (χ4v) is 2.93. The number of nitrogens with zero attached hydrogens (tertiary/aromatic N) is 3. The summed E-state index contributed by atoms with van der Waals surface area (Å²) in [5, 5.41) is 8.36.